The maximum Gasteiger partial charge on any atom is 0.319 e. The molecule has 2 amide bonds. The molecule has 5 nitrogen and oxygen atoms in total. The summed E-state index contributed by atoms with van der Waals surface area (Å²) >= 11 is 0. The number of amides is 2. The smallest absolute Gasteiger partial charge is 0.319 e. The number of aliphatic hydroxyl groups is 1. The van der Waals surface area contributed by atoms with Gasteiger partial charge in [-0.25, -0.2) is 4.79 Å². The van der Waals surface area contributed by atoms with Crippen LogP contribution in [0.3, 0.4) is 0 Å². The van der Waals surface area contributed by atoms with E-state index in [1.54, 1.807) is 12.1 Å². The summed E-state index contributed by atoms with van der Waals surface area (Å²) < 4.78 is 5.14. The molecule has 0 aliphatic heterocycles. The average molecular weight is 302 g/mol. The number of anilines is 1. The van der Waals surface area contributed by atoms with Gasteiger partial charge < -0.3 is 20.2 Å². The first kappa shape index (κ1) is 16.1. The number of carbonyl (C=O) groups is 1. The topological polar surface area (TPSA) is 74.5 Å². The summed E-state index contributed by atoms with van der Waals surface area (Å²) in [5.74, 6) is 0.503. The predicted octanol–water partition coefficient (Wildman–Crippen LogP) is 3.53. The standard InChI is InChI=1S/C17H22N2O3/c1-11-7-12(2)9-14(8-11)19-17(21)18-13(3)10-15(20)16-5-4-6-22-16/h4-9,13,15,20H,10H2,1-3H3,(H2,18,19,21). The number of rotatable bonds is 5. The first-order valence-corrected chi connectivity index (χ1v) is 7.31. The molecule has 0 saturated heterocycles. The van der Waals surface area contributed by atoms with E-state index in [1.807, 2.05) is 39.0 Å². The van der Waals surface area contributed by atoms with Crippen LogP contribution < -0.4 is 10.6 Å². The van der Waals surface area contributed by atoms with E-state index >= 15 is 0 Å². The number of benzene rings is 1. The van der Waals surface area contributed by atoms with E-state index in [9.17, 15) is 9.90 Å². The molecule has 1 heterocycles. The molecule has 118 valence electrons. The summed E-state index contributed by atoms with van der Waals surface area (Å²) in [6, 6.07) is 8.83. The lowest BCUT2D eigenvalue weighted by Gasteiger charge is -2.17. The van der Waals surface area contributed by atoms with Gasteiger partial charge in [0.2, 0.25) is 0 Å². The van der Waals surface area contributed by atoms with Gasteiger partial charge in [-0.15, -0.1) is 0 Å². The number of nitrogens with one attached hydrogen (secondary N) is 2. The zero-order chi connectivity index (χ0) is 16.1. The van der Waals surface area contributed by atoms with Crippen molar-refractivity contribution in [1.82, 2.24) is 5.32 Å². The molecule has 2 rings (SSSR count). The van der Waals surface area contributed by atoms with Crippen LogP contribution in [-0.4, -0.2) is 17.2 Å². The highest BCUT2D eigenvalue weighted by Crippen LogP contribution is 2.18. The van der Waals surface area contributed by atoms with Gasteiger partial charge in [-0.3, -0.25) is 0 Å². The lowest BCUT2D eigenvalue weighted by atomic mass is 10.1. The molecular formula is C17H22N2O3. The molecule has 2 unspecified atom stereocenters. The maximum atomic E-state index is 12.0. The van der Waals surface area contributed by atoms with Gasteiger partial charge in [0.05, 0.1) is 6.26 Å². The van der Waals surface area contributed by atoms with Crippen molar-refractivity contribution in [1.29, 1.82) is 0 Å². The Morgan fingerprint density at radius 1 is 1.27 bits per heavy atom. The van der Waals surface area contributed by atoms with Gasteiger partial charge in [0.25, 0.3) is 0 Å². The van der Waals surface area contributed by atoms with Crippen molar-refractivity contribution in [3.05, 3.63) is 53.5 Å². The zero-order valence-electron chi connectivity index (χ0n) is 13.1. The Labute approximate surface area is 130 Å². The normalized spacial score (nSPS) is 13.5. The summed E-state index contributed by atoms with van der Waals surface area (Å²) in [6.07, 6.45) is 1.17. The van der Waals surface area contributed by atoms with Crippen LogP contribution in [0, 0.1) is 13.8 Å². The minimum Gasteiger partial charge on any atom is -0.467 e. The Kier molecular flexibility index (Phi) is 5.22. The molecule has 0 aliphatic carbocycles. The second-order valence-electron chi connectivity index (χ2n) is 5.64. The fourth-order valence-corrected chi connectivity index (χ4v) is 2.43. The van der Waals surface area contributed by atoms with Crippen molar-refractivity contribution in [2.24, 2.45) is 0 Å². The van der Waals surface area contributed by atoms with Crippen LogP contribution in [-0.2, 0) is 0 Å². The van der Waals surface area contributed by atoms with Gasteiger partial charge in [0.15, 0.2) is 0 Å². The minimum atomic E-state index is -0.730. The van der Waals surface area contributed by atoms with Gasteiger partial charge in [-0.05, 0) is 56.2 Å². The number of furan rings is 1. The lowest BCUT2D eigenvalue weighted by molar-refractivity contribution is 0.130. The molecule has 0 radical (unpaired) electrons. The first-order valence-electron chi connectivity index (χ1n) is 7.31. The number of hydrogen-bond donors (Lipinski definition) is 3. The molecule has 3 N–H and O–H groups in total. The zero-order valence-corrected chi connectivity index (χ0v) is 13.1. The molecule has 0 bridgehead atoms. The van der Waals surface area contributed by atoms with Crippen molar-refractivity contribution in [3.63, 3.8) is 0 Å². The van der Waals surface area contributed by atoms with Gasteiger partial charge >= 0.3 is 6.03 Å². The van der Waals surface area contributed by atoms with Crippen LogP contribution in [0.25, 0.3) is 0 Å². The van der Waals surface area contributed by atoms with Crippen molar-refractivity contribution < 1.29 is 14.3 Å². The number of carbonyl (C=O) groups excluding carboxylic acids is 1. The number of aryl methyl sites for hydroxylation is 2. The highest BCUT2D eigenvalue weighted by atomic mass is 16.4. The molecule has 1 aromatic heterocycles. The molecule has 2 atom stereocenters. The summed E-state index contributed by atoms with van der Waals surface area (Å²) in [5.41, 5.74) is 2.95. The number of aliphatic hydroxyl groups excluding tert-OH is 1. The molecule has 1 aromatic carbocycles. The van der Waals surface area contributed by atoms with E-state index in [4.69, 9.17) is 4.42 Å². The molecule has 0 aliphatic rings. The highest BCUT2D eigenvalue weighted by molar-refractivity contribution is 5.89. The third-order valence-electron chi connectivity index (χ3n) is 3.31. The van der Waals surface area contributed by atoms with Crippen LogP contribution in [0.1, 0.15) is 36.3 Å². The third-order valence-corrected chi connectivity index (χ3v) is 3.31. The van der Waals surface area contributed by atoms with Crippen molar-refractivity contribution in [2.75, 3.05) is 5.32 Å². The highest BCUT2D eigenvalue weighted by Gasteiger charge is 2.16. The van der Waals surface area contributed by atoms with Gasteiger partial charge in [-0.2, -0.15) is 0 Å². The van der Waals surface area contributed by atoms with Crippen molar-refractivity contribution in [2.45, 2.75) is 39.3 Å². The van der Waals surface area contributed by atoms with E-state index in [-0.39, 0.29) is 12.1 Å². The Bertz CT molecular complexity index is 603. The second-order valence-corrected chi connectivity index (χ2v) is 5.64. The molecule has 5 heteroatoms. The minimum absolute atomic E-state index is 0.189. The van der Waals surface area contributed by atoms with Gasteiger partial charge in [0, 0.05) is 18.2 Å². The van der Waals surface area contributed by atoms with E-state index in [0.717, 1.165) is 16.8 Å². The Balaban J connectivity index is 1.86. The van der Waals surface area contributed by atoms with E-state index < -0.39 is 6.10 Å². The van der Waals surface area contributed by atoms with E-state index in [1.165, 1.54) is 6.26 Å². The monoisotopic (exact) mass is 302 g/mol. The average Bonchev–Trinajstić information content (AvgIpc) is 2.90. The Morgan fingerprint density at radius 2 is 1.95 bits per heavy atom. The molecule has 0 fully saturated rings. The first-order chi connectivity index (χ1) is 10.4. The predicted molar refractivity (Wildman–Crippen MR) is 85.8 cm³/mol. The molecule has 22 heavy (non-hydrogen) atoms. The Hall–Kier alpha value is -2.27. The number of hydrogen-bond acceptors (Lipinski definition) is 3. The summed E-state index contributed by atoms with van der Waals surface area (Å²) in [6.45, 7) is 5.81. The maximum absolute atomic E-state index is 12.0. The summed E-state index contributed by atoms with van der Waals surface area (Å²) in [7, 11) is 0. The molecule has 0 saturated carbocycles. The SMILES string of the molecule is Cc1cc(C)cc(NC(=O)NC(C)CC(O)c2ccco2)c1. The Morgan fingerprint density at radius 3 is 2.55 bits per heavy atom. The van der Waals surface area contributed by atoms with Gasteiger partial charge in [0.1, 0.15) is 11.9 Å². The summed E-state index contributed by atoms with van der Waals surface area (Å²) in [5, 5.41) is 15.6. The quantitative estimate of drug-likeness (QED) is 0.791. The van der Waals surface area contributed by atoms with Crippen LogP contribution in [0.15, 0.2) is 41.0 Å². The van der Waals surface area contributed by atoms with E-state index in [2.05, 4.69) is 10.6 Å². The second kappa shape index (κ2) is 7.13. The fraction of sp³-hybridized carbons (Fsp3) is 0.353. The number of urea groups is 1. The molecular weight excluding hydrogens is 280 g/mol. The van der Waals surface area contributed by atoms with Gasteiger partial charge in [-0.1, -0.05) is 6.07 Å². The van der Waals surface area contributed by atoms with Crippen molar-refractivity contribution in [3.8, 4) is 0 Å². The van der Waals surface area contributed by atoms with E-state index in [0.29, 0.717) is 12.2 Å². The fourth-order valence-electron chi connectivity index (χ4n) is 2.43. The summed E-state index contributed by atoms with van der Waals surface area (Å²) in [4.78, 5) is 12.0. The molecule has 2 aromatic rings. The van der Waals surface area contributed by atoms with Crippen LogP contribution in [0.2, 0.25) is 0 Å². The van der Waals surface area contributed by atoms with Crippen LogP contribution >= 0.6 is 0 Å². The van der Waals surface area contributed by atoms with Crippen LogP contribution in [0.5, 0.6) is 0 Å². The van der Waals surface area contributed by atoms with Crippen LogP contribution in [0.4, 0.5) is 10.5 Å². The third kappa shape index (κ3) is 4.63. The largest absolute Gasteiger partial charge is 0.467 e. The van der Waals surface area contributed by atoms with Crippen molar-refractivity contribution >= 4 is 11.7 Å². The molecule has 0 spiro atoms. The lowest BCUT2D eigenvalue weighted by Crippen LogP contribution is -2.37.